The summed E-state index contributed by atoms with van der Waals surface area (Å²) in [6.07, 6.45) is 0. The smallest absolute Gasteiger partial charge is 0.336 e. The maximum atomic E-state index is 12.3. The van der Waals surface area contributed by atoms with Crippen LogP contribution in [-0.2, 0) is 0 Å². The zero-order valence-corrected chi connectivity index (χ0v) is 14.8. The van der Waals surface area contributed by atoms with Gasteiger partial charge in [-0.25, -0.2) is 4.79 Å². The number of phenolic OH excluding ortho intramolecular Hbond substituents is 1. The number of aryl methyl sites for hydroxylation is 1. The molecule has 0 aliphatic heterocycles. The number of carboxylic acids is 1. The molecule has 0 radical (unpaired) electrons. The van der Waals surface area contributed by atoms with Crippen LogP contribution >= 0.6 is 27.5 Å². The number of hydrogen-bond acceptors (Lipinski definition) is 5. The first kappa shape index (κ1) is 18.1. The number of ether oxygens (including phenoxy) is 1. The van der Waals surface area contributed by atoms with Gasteiger partial charge in [0, 0.05) is 16.8 Å². The number of aromatic carboxylic acids is 1. The Balaban J connectivity index is 2.28. The fraction of sp³-hybridized carbons (Fsp3) is 0.125. The lowest BCUT2D eigenvalue weighted by atomic mass is 10.0. The number of carbonyl (C=O) groups excluding carboxylic acids is 1. The first-order valence-electron chi connectivity index (χ1n) is 6.68. The normalized spacial score (nSPS) is 10.5. The van der Waals surface area contributed by atoms with Gasteiger partial charge in [-0.2, -0.15) is 0 Å². The van der Waals surface area contributed by atoms with Crippen LogP contribution in [0.15, 0.2) is 28.7 Å². The van der Waals surface area contributed by atoms with Gasteiger partial charge in [-0.1, -0.05) is 11.6 Å². The van der Waals surface area contributed by atoms with Gasteiger partial charge in [-0.15, -0.1) is 0 Å². The molecular formula is C16H13BrClNO5. The van der Waals surface area contributed by atoms with E-state index in [9.17, 15) is 19.8 Å². The molecule has 126 valence electrons. The Bertz CT molecular complexity index is 838. The van der Waals surface area contributed by atoms with Crippen LogP contribution in [0.3, 0.4) is 0 Å². The minimum Gasteiger partial charge on any atom is -0.508 e. The van der Waals surface area contributed by atoms with Crippen LogP contribution in [-0.4, -0.2) is 28.6 Å². The number of anilines is 1. The van der Waals surface area contributed by atoms with E-state index < -0.39 is 18.4 Å². The van der Waals surface area contributed by atoms with E-state index in [0.717, 1.165) is 17.7 Å². The van der Waals surface area contributed by atoms with E-state index in [0.29, 0.717) is 15.2 Å². The molecule has 24 heavy (non-hydrogen) atoms. The summed E-state index contributed by atoms with van der Waals surface area (Å²) in [4.78, 5) is 23.6. The van der Waals surface area contributed by atoms with E-state index in [1.165, 1.54) is 0 Å². The number of nitrogens with two attached hydrogens (primary N) is 1. The van der Waals surface area contributed by atoms with E-state index >= 15 is 0 Å². The van der Waals surface area contributed by atoms with E-state index in [1.807, 2.05) is 0 Å². The SMILES string of the molecule is Cc1cc(OCC(=O)c2c(N)cc(O)cc2C(=O)O)c(Br)cc1Cl. The average Bonchev–Trinajstić information content (AvgIpc) is 2.48. The molecule has 2 aromatic rings. The van der Waals surface area contributed by atoms with Crippen LogP contribution in [0, 0.1) is 6.92 Å². The number of hydrogen-bond donors (Lipinski definition) is 3. The fourth-order valence-corrected chi connectivity index (χ4v) is 2.84. The van der Waals surface area contributed by atoms with Gasteiger partial charge in [0.05, 0.1) is 15.6 Å². The molecule has 2 rings (SSSR count). The van der Waals surface area contributed by atoms with Crippen molar-refractivity contribution in [3.63, 3.8) is 0 Å². The molecule has 0 aromatic heterocycles. The number of rotatable bonds is 5. The van der Waals surface area contributed by atoms with Crippen molar-refractivity contribution in [3.8, 4) is 11.5 Å². The third-order valence-electron chi connectivity index (χ3n) is 3.23. The standard InChI is InChI=1S/C16H13BrClNO5/c1-7-2-14(10(17)5-11(7)18)24-6-13(21)15-9(16(22)23)3-8(20)4-12(15)19/h2-5,20H,6,19H2,1H3,(H,22,23). The number of ketones is 1. The molecule has 0 saturated carbocycles. The summed E-state index contributed by atoms with van der Waals surface area (Å²) in [6, 6.07) is 5.36. The van der Waals surface area contributed by atoms with Gasteiger partial charge >= 0.3 is 5.97 Å². The Morgan fingerprint density at radius 1 is 1.29 bits per heavy atom. The van der Waals surface area contributed by atoms with Crippen molar-refractivity contribution >= 4 is 45.0 Å². The molecule has 0 amide bonds. The van der Waals surface area contributed by atoms with Crippen LogP contribution in [0.4, 0.5) is 5.69 Å². The van der Waals surface area contributed by atoms with Gasteiger partial charge < -0.3 is 20.7 Å². The second-order valence-electron chi connectivity index (χ2n) is 5.01. The second-order valence-corrected chi connectivity index (χ2v) is 6.27. The molecule has 4 N–H and O–H groups in total. The van der Waals surface area contributed by atoms with Crippen molar-refractivity contribution in [1.82, 2.24) is 0 Å². The summed E-state index contributed by atoms with van der Waals surface area (Å²) in [5, 5.41) is 19.2. The summed E-state index contributed by atoms with van der Waals surface area (Å²) in [5.74, 6) is -1.94. The van der Waals surface area contributed by atoms with Gasteiger partial charge in [0.1, 0.15) is 11.5 Å². The summed E-state index contributed by atoms with van der Waals surface area (Å²) in [5.41, 5.74) is 5.72. The third-order valence-corrected chi connectivity index (χ3v) is 4.26. The number of aromatic hydroxyl groups is 1. The summed E-state index contributed by atoms with van der Waals surface area (Å²) < 4.78 is 6.00. The number of Topliss-reactive ketones (excluding diaryl/α,β-unsaturated/α-hetero) is 1. The lowest BCUT2D eigenvalue weighted by Gasteiger charge is -2.12. The number of carbonyl (C=O) groups is 2. The average molecular weight is 415 g/mol. The van der Waals surface area contributed by atoms with E-state index in [1.54, 1.807) is 19.1 Å². The first-order chi connectivity index (χ1) is 11.2. The molecule has 0 spiro atoms. The molecular weight excluding hydrogens is 402 g/mol. The van der Waals surface area contributed by atoms with Gasteiger partial charge in [0.15, 0.2) is 6.61 Å². The van der Waals surface area contributed by atoms with Crippen LogP contribution in [0.2, 0.25) is 5.02 Å². The summed E-state index contributed by atoms with van der Waals surface area (Å²) >= 11 is 9.25. The lowest BCUT2D eigenvalue weighted by molar-refractivity contribution is 0.0690. The predicted octanol–water partition coefficient (Wildman–Crippen LogP) is 3.66. The van der Waals surface area contributed by atoms with Crippen molar-refractivity contribution in [3.05, 3.63) is 50.5 Å². The molecule has 0 saturated heterocycles. The Morgan fingerprint density at radius 3 is 2.58 bits per heavy atom. The van der Waals surface area contributed by atoms with E-state index in [4.69, 9.17) is 22.1 Å². The van der Waals surface area contributed by atoms with Gasteiger partial charge in [0.2, 0.25) is 5.78 Å². The molecule has 0 heterocycles. The van der Waals surface area contributed by atoms with Crippen molar-refractivity contribution in [2.75, 3.05) is 12.3 Å². The largest absolute Gasteiger partial charge is 0.508 e. The number of halogens is 2. The summed E-state index contributed by atoms with van der Waals surface area (Å²) in [6.45, 7) is 1.36. The highest BCUT2D eigenvalue weighted by Gasteiger charge is 2.22. The van der Waals surface area contributed by atoms with Crippen molar-refractivity contribution in [2.24, 2.45) is 0 Å². The Labute approximate surface area is 150 Å². The highest BCUT2D eigenvalue weighted by Crippen LogP contribution is 2.31. The number of carboxylic acid groups (broad SMARTS) is 1. The quantitative estimate of drug-likeness (QED) is 0.509. The Kier molecular flexibility index (Phi) is 5.36. The van der Waals surface area contributed by atoms with Crippen LogP contribution < -0.4 is 10.5 Å². The molecule has 0 atom stereocenters. The highest BCUT2D eigenvalue weighted by atomic mass is 79.9. The summed E-state index contributed by atoms with van der Waals surface area (Å²) in [7, 11) is 0. The molecule has 0 bridgehead atoms. The number of phenols is 1. The highest BCUT2D eigenvalue weighted by molar-refractivity contribution is 9.10. The molecule has 0 unspecified atom stereocenters. The van der Waals surface area contributed by atoms with Gasteiger partial charge in [0.25, 0.3) is 0 Å². The molecule has 8 heteroatoms. The maximum Gasteiger partial charge on any atom is 0.336 e. The minimum absolute atomic E-state index is 0.132. The topological polar surface area (TPSA) is 110 Å². The van der Waals surface area contributed by atoms with Gasteiger partial charge in [-0.05, 0) is 46.6 Å². The maximum absolute atomic E-state index is 12.3. The number of nitrogen functional groups attached to an aromatic ring is 1. The predicted molar refractivity (Wildman–Crippen MR) is 93.2 cm³/mol. The van der Waals surface area contributed by atoms with Gasteiger partial charge in [-0.3, -0.25) is 4.79 Å². The fourth-order valence-electron chi connectivity index (χ4n) is 2.09. The monoisotopic (exact) mass is 413 g/mol. The van der Waals surface area contributed by atoms with Crippen molar-refractivity contribution < 1.29 is 24.5 Å². The van der Waals surface area contributed by atoms with E-state index in [-0.39, 0.29) is 22.6 Å². The van der Waals surface area contributed by atoms with E-state index in [2.05, 4.69) is 15.9 Å². The minimum atomic E-state index is -1.37. The Morgan fingerprint density at radius 2 is 1.96 bits per heavy atom. The molecule has 6 nitrogen and oxygen atoms in total. The van der Waals surface area contributed by atoms with Crippen molar-refractivity contribution in [2.45, 2.75) is 6.92 Å². The zero-order valence-electron chi connectivity index (χ0n) is 12.5. The van der Waals surface area contributed by atoms with Crippen molar-refractivity contribution in [1.29, 1.82) is 0 Å². The Hall–Kier alpha value is -2.25. The lowest BCUT2D eigenvalue weighted by Crippen LogP contribution is -2.18. The van der Waals surface area contributed by atoms with Crippen LogP contribution in [0.1, 0.15) is 26.3 Å². The first-order valence-corrected chi connectivity index (χ1v) is 7.85. The number of benzene rings is 2. The third kappa shape index (κ3) is 3.80. The molecule has 0 aliphatic carbocycles. The molecule has 0 aliphatic rings. The van der Waals surface area contributed by atoms with Crippen LogP contribution in [0.5, 0.6) is 11.5 Å². The zero-order chi connectivity index (χ0) is 18.0. The van der Waals surface area contributed by atoms with Crippen LogP contribution in [0.25, 0.3) is 0 Å². The second kappa shape index (κ2) is 7.11. The molecule has 0 fully saturated rings. The molecule has 2 aromatic carbocycles.